The molecule has 10 nitrogen and oxygen atoms in total. The molecule has 1 aliphatic heterocycles. The topological polar surface area (TPSA) is 111 Å². The van der Waals surface area contributed by atoms with Crippen LogP contribution in [0.25, 0.3) is 0 Å². The second-order valence-electron chi connectivity index (χ2n) is 10.9. The first-order chi connectivity index (χ1) is 21.0. The van der Waals surface area contributed by atoms with Gasteiger partial charge in [0.15, 0.2) is 0 Å². The number of nitrogens with zero attached hydrogens (tertiary/aromatic N) is 5. The van der Waals surface area contributed by atoms with Gasteiger partial charge in [-0.05, 0) is 36.1 Å². The van der Waals surface area contributed by atoms with Gasteiger partial charge in [-0.3, -0.25) is 28.8 Å². The van der Waals surface area contributed by atoms with Crippen LogP contribution in [-0.4, -0.2) is 44.5 Å². The van der Waals surface area contributed by atoms with Crippen molar-refractivity contribution in [2.45, 2.75) is 39.4 Å². The number of nitro benzene ring substituents is 1. The summed E-state index contributed by atoms with van der Waals surface area (Å²) in [6, 6.07) is 18.8. The van der Waals surface area contributed by atoms with Crippen LogP contribution in [0.1, 0.15) is 35.2 Å². The molecule has 12 heteroatoms. The van der Waals surface area contributed by atoms with E-state index in [1.807, 2.05) is 37.3 Å². The van der Waals surface area contributed by atoms with Gasteiger partial charge in [0.2, 0.25) is 5.91 Å². The first-order valence-electron chi connectivity index (χ1n) is 14.1. The summed E-state index contributed by atoms with van der Waals surface area (Å²) in [7, 11) is 0. The number of amides is 1. The summed E-state index contributed by atoms with van der Waals surface area (Å²) >= 11 is 0. The third-order valence-corrected chi connectivity index (χ3v) is 7.99. The minimum atomic E-state index is -0.821. The Morgan fingerprint density at radius 3 is 2.23 bits per heavy atom. The highest BCUT2D eigenvalue weighted by atomic mass is 19.1. The average Bonchev–Trinajstić information content (AvgIpc) is 3.00. The lowest BCUT2D eigenvalue weighted by molar-refractivity contribution is -0.384. The van der Waals surface area contributed by atoms with Crippen LogP contribution in [0.3, 0.4) is 0 Å². The zero-order chi connectivity index (χ0) is 31.5. The van der Waals surface area contributed by atoms with Crippen molar-refractivity contribution >= 4 is 17.3 Å². The maximum Gasteiger partial charge on any atom is 0.331 e. The summed E-state index contributed by atoms with van der Waals surface area (Å²) in [5.41, 5.74) is 0.0762. The van der Waals surface area contributed by atoms with Crippen LogP contribution in [0, 0.1) is 28.7 Å². The molecule has 0 bridgehead atoms. The minimum absolute atomic E-state index is 0.00934. The first-order valence-corrected chi connectivity index (χ1v) is 14.1. The average molecular weight is 604 g/mol. The van der Waals surface area contributed by atoms with E-state index in [9.17, 15) is 33.3 Å². The van der Waals surface area contributed by atoms with Gasteiger partial charge < -0.3 is 9.80 Å². The van der Waals surface area contributed by atoms with Crippen molar-refractivity contribution in [1.82, 2.24) is 14.0 Å². The predicted molar refractivity (Wildman–Crippen MR) is 161 cm³/mol. The third kappa shape index (κ3) is 6.14. The van der Waals surface area contributed by atoms with Gasteiger partial charge in [-0.1, -0.05) is 55.5 Å². The molecule has 2 heterocycles. The normalized spacial score (nSPS) is 14.1. The molecule has 0 saturated carbocycles. The largest absolute Gasteiger partial charge is 0.355 e. The Labute approximate surface area is 251 Å². The lowest BCUT2D eigenvalue weighted by Crippen LogP contribution is -2.53. The van der Waals surface area contributed by atoms with Crippen LogP contribution >= 0.6 is 0 Å². The molecule has 4 aromatic rings. The fraction of sp³-hybridized carbons (Fsp3) is 0.281. The smallest absolute Gasteiger partial charge is 0.331 e. The van der Waals surface area contributed by atoms with Crippen LogP contribution in [0.4, 0.5) is 20.2 Å². The van der Waals surface area contributed by atoms with Gasteiger partial charge in [-0.25, -0.2) is 13.6 Å². The van der Waals surface area contributed by atoms with Crippen LogP contribution in [0.2, 0.25) is 0 Å². The summed E-state index contributed by atoms with van der Waals surface area (Å²) in [5, 5.41) is 11.2. The number of carbonyl (C=O) groups excluding carboxylic acids is 1. The molecule has 44 heavy (non-hydrogen) atoms. The second-order valence-corrected chi connectivity index (χ2v) is 10.9. The zero-order valence-electron chi connectivity index (χ0n) is 24.3. The highest BCUT2D eigenvalue weighted by molar-refractivity contribution is 5.83. The van der Waals surface area contributed by atoms with E-state index in [-0.39, 0.29) is 67.2 Å². The van der Waals surface area contributed by atoms with Gasteiger partial charge >= 0.3 is 5.69 Å². The number of non-ortho nitro benzene ring substituents is 1. The number of aromatic nitrogens is 2. The van der Waals surface area contributed by atoms with Gasteiger partial charge in [0, 0.05) is 49.6 Å². The maximum absolute atomic E-state index is 14.7. The fourth-order valence-electron chi connectivity index (χ4n) is 5.56. The SMILES string of the molecule is Cc1c(N2CCN(Cc3cccc([N+](=O)[O-])c3)C(=O)C2)c(=O)n(C[C@H](C)c2ccccc2)c(=O)n1Cc1c(F)cccc1F. The molecular weight excluding hydrogens is 572 g/mol. The van der Waals surface area contributed by atoms with Gasteiger partial charge in [-0.15, -0.1) is 0 Å². The van der Waals surface area contributed by atoms with Crippen molar-refractivity contribution in [3.8, 4) is 0 Å². The van der Waals surface area contributed by atoms with E-state index in [0.29, 0.717) is 5.56 Å². The number of nitro groups is 1. The van der Waals surface area contributed by atoms with Crippen LogP contribution < -0.4 is 16.1 Å². The summed E-state index contributed by atoms with van der Waals surface area (Å²) in [6.45, 7) is 3.37. The number of carbonyl (C=O) groups is 1. The number of anilines is 1. The Kier molecular flexibility index (Phi) is 8.70. The quantitative estimate of drug-likeness (QED) is 0.210. The number of rotatable bonds is 9. The van der Waals surface area contributed by atoms with E-state index in [1.165, 1.54) is 29.7 Å². The number of hydrogen-bond donors (Lipinski definition) is 0. The van der Waals surface area contributed by atoms with E-state index in [4.69, 9.17) is 0 Å². The Balaban J connectivity index is 1.51. The molecule has 0 N–H and O–H groups in total. The summed E-state index contributed by atoms with van der Waals surface area (Å²) in [4.78, 5) is 54.8. The molecule has 1 aliphatic rings. The van der Waals surface area contributed by atoms with Crippen molar-refractivity contribution < 1.29 is 18.5 Å². The zero-order valence-corrected chi connectivity index (χ0v) is 24.3. The van der Waals surface area contributed by atoms with Gasteiger partial charge in [0.1, 0.15) is 17.3 Å². The Morgan fingerprint density at radius 1 is 0.886 bits per heavy atom. The molecule has 1 amide bonds. The monoisotopic (exact) mass is 603 g/mol. The van der Waals surface area contributed by atoms with Gasteiger partial charge in [0.25, 0.3) is 11.2 Å². The molecule has 1 atom stereocenters. The first kappa shape index (κ1) is 30.3. The van der Waals surface area contributed by atoms with Crippen molar-refractivity contribution in [2.24, 2.45) is 0 Å². The van der Waals surface area contributed by atoms with E-state index in [0.717, 1.165) is 22.3 Å². The number of halogens is 2. The highest BCUT2D eigenvalue weighted by Gasteiger charge is 2.30. The summed E-state index contributed by atoms with van der Waals surface area (Å²) < 4.78 is 31.6. The lowest BCUT2D eigenvalue weighted by Gasteiger charge is -2.36. The highest BCUT2D eigenvalue weighted by Crippen LogP contribution is 2.23. The summed E-state index contributed by atoms with van der Waals surface area (Å²) in [6.07, 6.45) is 0. The van der Waals surface area contributed by atoms with Crippen molar-refractivity contribution in [3.63, 3.8) is 0 Å². The van der Waals surface area contributed by atoms with E-state index < -0.39 is 34.4 Å². The Hall–Kier alpha value is -5.13. The molecule has 0 aliphatic carbocycles. The molecule has 5 rings (SSSR count). The van der Waals surface area contributed by atoms with Crippen LogP contribution in [0.5, 0.6) is 0 Å². The van der Waals surface area contributed by atoms with Crippen LogP contribution in [-0.2, 0) is 24.4 Å². The van der Waals surface area contributed by atoms with Crippen molar-refractivity contribution in [2.75, 3.05) is 24.5 Å². The predicted octanol–water partition coefficient (Wildman–Crippen LogP) is 4.21. The lowest BCUT2D eigenvalue weighted by atomic mass is 10.0. The van der Waals surface area contributed by atoms with E-state index in [1.54, 1.807) is 21.9 Å². The second kappa shape index (κ2) is 12.6. The fourth-order valence-corrected chi connectivity index (χ4v) is 5.56. The van der Waals surface area contributed by atoms with Gasteiger partial charge in [-0.2, -0.15) is 0 Å². The molecule has 0 spiro atoms. The number of benzene rings is 3. The Bertz CT molecular complexity index is 1820. The molecule has 3 aromatic carbocycles. The number of piperazine rings is 1. The molecule has 1 saturated heterocycles. The maximum atomic E-state index is 14.7. The minimum Gasteiger partial charge on any atom is -0.355 e. The van der Waals surface area contributed by atoms with E-state index in [2.05, 4.69) is 0 Å². The third-order valence-electron chi connectivity index (χ3n) is 7.99. The molecule has 228 valence electrons. The molecule has 0 unspecified atom stereocenters. The number of hydrogen-bond acceptors (Lipinski definition) is 6. The van der Waals surface area contributed by atoms with Crippen molar-refractivity contribution in [3.05, 3.63) is 138 Å². The Morgan fingerprint density at radius 2 is 1.57 bits per heavy atom. The summed E-state index contributed by atoms with van der Waals surface area (Å²) in [5.74, 6) is -2.20. The standard InChI is InChI=1S/C32H31F2N5O5/c1-21(24-9-4-3-5-10-24)17-38-31(41)30(22(2)37(32(38)42)19-26-27(33)12-7-13-28(26)34)36-15-14-35(29(40)20-36)18-23-8-6-11-25(16-23)39(43)44/h3-13,16,21H,14-15,17-20H2,1-2H3/t21-/m0/s1. The van der Waals surface area contributed by atoms with E-state index >= 15 is 0 Å². The van der Waals surface area contributed by atoms with Crippen molar-refractivity contribution in [1.29, 1.82) is 0 Å². The molecule has 1 fully saturated rings. The molecule has 0 radical (unpaired) electrons. The molecular formula is C32H31F2N5O5. The molecule has 1 aromatic heterocycles. The van der Waals surface area contributed by atoms with Crippen LogP contribution in [0.15, 0.2) is 82.4 Å². The van der Waals surface area contributed by atoms with Gasteiger partial charge in [0.05, 0.1) is 18.0 Å².